The second-order valence-electron chi connectivity index (χ2n) is 5.27. The fraction of sp³-hybridized carbons (Fsp3) is 0.846. The molecule has 0 aromatic rings. The van der Waals surface area contributed by atoms with E-state index in [-0.39, 0.29) is 24.3 Å². The minimum atomic E-state index is -0.401. The topological polar surface area (TPSA) is 79.5 Å². The van der Waals surface area contributed by atoms with Crippen molar-refractivity contribution in [3.8, 4) is 0 Å². The molecule has 3 N–H and O–H groups in total. The second-order valence-corrected chi connectivity index (χ2v) is 5.27. The summed E-state index contributed by atoms with van der Waals surface area (Å²) >= 11 is 0. The minimum absolute atomic E-state index is 0.0509. The van der Waals surface area contributed by atoms with E-state index in [4.69, 9.17) is 4.74 Å². The molecule has 108 valence electrons. The molecule has 3 atom stereocenters. The molecule has 0 bridgehead atoms. The molecule has 2 fully saturated rings. The molecule has 2 rings (SSSR count). The summed E-state index contributed by atoms with van der Waals surface area (Å²) in [6.45, 7) is 0.969. The zero-order chi connectivity index (χ0) is 13.7. The number of methoxy groups -OCH3 is 1. The smallest absolute Gasteiger partial charge is 0.237 e. The number of nitrogens with one attached hydrogen (secondary N) is 3. The van der Waals surface area contributed by atoms with Crippen LogP contribution in [-0.2, 0) is 14.3 Å². The van der Waals surface area contributed by atoms with E-state index >= 15 is 0 Å². The van der Waals surface area contributed by atoms with Gasteiger partial charge in [0.05, 0.1) is 19.1 Å². The summed E-state index contributed by atoms with van der Waals surface area (Å²) in [5.74, 6) is -0.163. The summed E-state index contributed by atoms with van der Waals surface area (Å²) in [7, 11) is 1.59. The lowest BCUT2D eigenvalue weighted by Gasteiger charge is -2.40. The Morgan fingerprint density at radius 1 is 1.37 bits per heavy atom. The average Bonchev–Trinajstić information content (AvgIpc) is 2.40. The number of hydrogen-bond donors (Lipinski definition) is 3. The van der Waals surface area contributed by atoms with Crippen molar-refractivity contribution in [3.63, 3.8) is 0 Å². The summed E-state index contributed by atoms with van der Waals surface area (Å²) in [6.07, 6.45) is 4.67. The van der Waals surface area contributed by atoms with Gasteiger partial charge in [0, 0.05) is 25.7 Å². The molecule has 2 amide bonds. The predicted molar refractivity (Wildman–Crippen MR) is 70.6 cm³/mol. The molecule has 0 aromatic heterocycles. The monoisotopic (exact) mass is 269 g/mol. The molecule has 0 unspecified atom stereocenters. The highest BCUT2D eigenvalue weighted by Gasteiger charge is 2.36. The number of ether oxygens (including phenoxy) is 1. The number of fused-ring (bicyclic) bond motifs is 1. The van der Waals surface area contributed by atoms with E-state index in [1.54, 1.807) is 7.11 Å². The van der Waals surface area contributed by atoms with E-state index in [9.17, 15) is 9.59 Å². The molecule has 1 saturated heterocycles. The van der Waals surface area contributed by atoms with E-state index in [1.807, 2.05) is 0 Å². The van der Waals surface area contributed by atoms with Crippen LogP contribution < -0.4 is 16.0 Å². The van der Waals surface area contributed by atoms with E-state index in [1.165, 1.54) is 12.8 Å². The molecule has 1 heterocycles. The zero-order valence-corrected chi connectivity index (χ0v) is 11.4. The van der Waals surface area contributed by atoms with Gasteiger partial charge in [-0.1, -0.05) is 12.8 Å². The Morgan fingerprint density at radius 3 is 2.84 bits per heavy atom. The third-order valence-corrected chi connectivity index (χ3v) is 3.84. The maximum absolute atomic E-state index is 11.9. The van der Waals surface area contributed by atoms with Crippen LogP contribution in [0.15, 0.2) is 0 Å². The highest BCUT2D eigenvalue weighted by atomic mass is 16.5. The lowest BCUT2D eigenvalue weighted by Crippen LogP contribution is -2.65. The van der Waals surface area contributed by atoms with Gasteiger partial charge in [0.2, 0.25) is 11.8 Å². The van der Waals surface area contributed by atoms with Gasteiger partial charge in [-0.2, -0.15) is 0 Å². The van der Waals surface area contributed by atoms with Crippen LogP contribution >= 0.6 is 0 Å². The van der Waals surface area contributed by atoms with Gasteiger partial charge in [-0.15, -0.1) is 0 Å². The highest BCUT2D eigenvalue weighted by Crippen LogP contribution is 2.22. The first-order valence-corrected chi connectivity index (χ1v) is 7.03. The first kappa shape index (κ1) is 14.3. The molecule has 1 saturated carbocycles. The second kappa shape index (κ2) is 6.86. The van der Waals surface area contributed by atoms with E-state index in [0.717, 1.165) is 12.8 Å². The summed E-state index contributed by atoms with van der Waals surface area (Å²) in [4.78, 5) is 23.6. The van der Waals surface area contributed by atoms with Gasteiger partial charge in [-0.05, 0) is 12.8 Å². The van der Waals surface area contributed by atoms with Crippen molar-refractivity contribution >= 4 is 11.8 Å². The molecule has 19 heavy (non-hydrogen) atoms. The van der Waals surface area contributed by atoms with Gasteiger partial charge in [0.1, 0.15) is 0 Å². The molecular formula is C13H23N3O3. The van der Waals surface area contributed by atoms with Crippen molar-refractivity contribution in [3.05, 3.63) is 0 Å². The van der Waals surface area contributed by atoms with Crippen LogP contribution in [0.1, 0.15) is 32.1 Å². The van der Waals surface area contributed by atoms with Crippen LogP contribution in [-0.4, -0.2) is 50.2 Å². The van der Waals surface area contributed by atoms with Crippen molar-refractivity contribution in [1.29, 1.82) is 0 Å². The Kier molecular flexibility index (Phi) is 5.15. The third-order valence-electron chi connectivity index (χ3n) is 3.84. The van der Waals surface area contributed by atoms with Gasteiger partial charge >= 0.3 is 0 Å². The fourth-order valence-corrected chi connectivity index (χ4v) is 2.82. The van der Waals surface area contributed by atoms with E-state index in [2.05, 4.69) is 16.0 Å². The Labute approximate surface area is 113 Å². The lowest BCUT2D eigenvalue weighted by atomic mass is 9.87. The number of piperazine rings is 1. The quantitative estimate of drug-likeness (QED) is 0.590. The van der Waals surface area contributed by atoms with E-state index in [0.29, 0.717) is 19.2 Å². The Morgan fingerprint density at radius 2 is 2.11 bits per heavy atom. The Hall–Kier alpha value is -1.14. The summed E-state index contributed by atoms with van der Waals surface area (Å²) in [6, 6.07) is 0.166. The van der Waals surface area contributed by atoms with Crippen molar-refractivity contribution in [2.24, 2.45) is 0 Å². The Balaban J connectivity index is 1.79. The number of rotatable bonds is 5. The number of hydrogen-bond acceptors (Lipinski definition) is 4. The van der Waals surface area contributed by atoms with Crippen LogP contribution in [0.3, 0.4) is 0 Å². The van der Waals surface area contributed by atoms with Crippen LogP contribution in [0.4, 0.5) is 0 Å². The summed E-state index contributed by atoms with van der Waals surface area (Å²) in [5, 5.41) is 9.10. The molecule has 6 heteroatoms. The molecule has 1 aliphatic carbocycles. The van der Waals surface area contributed by atoms with Gasteiger partial charge < -0.3 is 20.7 Å². The number of amides is 2. The van der Waals surface area contributed by atoms with Gasteiger partial charge in [-0.3, -0.25) is 9.59 Å². The highest BCUT2D eigenvalue weighted by molar-refractivity contribution is 5.89. The maximum atomic E-state index is 11.9. The number of carbonyl (C=O) groups excluding carboxylic acids is 2. The summed E-state index contributed by atoms with van der Waals surface area (Å²) in [5.41, 5.74) is 0. The molecule has 0 radical (unpaired) electrons. The lowest BCUT2D eigenvalue weighted by molar-refractivity contribution is -0.131. The number of carbonyl (C=O) groups is 2. The molecule has 2 aliphatic rings. The van der Waals surface area contributed by atoms with Crippen LogP contribution in [0, 0.1) is 0 Å². The SMILES string of the molecule is COCCNC(=O)C[C@H]1N[C@@H]2CCCC[C@@H]2NC1=O. The van der Waals surface area contributed by atoms with Crippen LogP contribution in [0.5, 0.6) is 0 Å². The normalized spacial score (nSPS) is 30.4. The molecule has 0 spiro atoms. The van der Waals surface area contributed by atoms with Gasteiger partial charge in [0.25, 0.3) is 0 Å². The largest absolute Gasteiger partial charge is 0.383 e. The summed E-state index contributed by atoms with van der Waals surface area (Å²) < 4.78 is 4.86. The van der Waals surface area contributed by atoms with Crippen LogP contribution in [0.2, 0.25) is 0 Å². The first-order chi connectivity index (χ1) is 9.20. The van der Waals surface area contributed by atoms with Crippen LogP contribution in [0.25, 0.3) is 0 Å². The third kappa shape index (κ3) is 3.91. The molecule has 1 aliphatic heterocycles. The molecule has 6 nitrogen and oxygen atoms in total. The van der Waals surface area contributed by atoms with Crippen molar-refractivity contribution in [1.82, 2.24) is 16.0 Å². The van der Waals surface area contributed by atoms with Crippen molar-refractivity contribution in [2.45, 2.75) is 50.2 Å². The average molecular weight is 269 g/mol. The maximum Gasteiger partial charge on any atom is 0.237 e. The Bertz CT molecular complexity index is 335. The minimum Gasteiger partial charge on any atom is -0.383 e. The molecular weight excluding hydrogens is 246 g/mol. The van der Waals surface area contributed by atoms with Crippen molar-refractivity contribution in [2.75, 3.05) is 20.3 Å². The standard InChI is InChI=1S/C13H23N3O3/c1-19-7-6-14-12(17)8-11-13(18)16-10-5-3-2-4-9(10)15-11/h9-11,15H,2-8H2,1H3,(H,14,17)(H,16,18)/t9-,10+,11-/m1/s1. The van der Waals surface area contributed by atoms with Gasteiger partial charge in [-0.25, -0.2) is 0 Å². The first-order valence-electron chi connectivity index (χ1n) is 7.03. The van der Waals surface area contributed by atoms with Gasteiger partial charge in [0.15, 0.2) is 0 Å². The zero-order valence-electron chi connectivity index (χ0n) is 11.4. The molecule has 0 aromatic carbocycles. The van der Waals surface area contributed by atoms with E-state index < -0.39 is 6.04 Å². The fourth-order valence-electron chi connectivity index (χ4n) is 2.82. The predicted octanol–water partition coefficient (Wildman–Crippen LogP) is -0.462. The van der Waals surface area contributed by atoms with Crippen molar-refractivity contribution < 1.29 is 14.3 Å².